The van der Waals surface area contributed by atoms with E-state index in [1.165, 1.54) is 0 Å². The van der Waals surface area contributed by atoms with Gasteiger partial charge >= 0.3 is 0 Å². The summed E-state index contributed by atoms with van der Waals surface area (Å²) < 4.78 is 0. The van der Waals surface area contributed by atoms with Crippen molar-refractivity contribution in [2.75, 3.05) is 14.1 Å². The van der Waals surface area contributed by atoms with Crippen LogP contribution in [0.4, 0.5) is 0 Å². The highest BCUT2D eigenvalue weighted by Gasteiger charge is 1.69. The first-order valence-electron chi connectivity index (χ1n) is 1.47. The quantitative estimate of drug-likeness (QED) is 0.434. The lowest BCUT2D eigenvalue weighted by molar-refractivity contribution is 0.340. The molecule has 0 rings (SSSR count). The van der Waals surface area contributed by atoms with Crippen LogP contribution in [0.15, 0.2) is 0 Å². The minimum absolute atomic E-state index is 1.76. The summed E-state index contributed by atoms with van der Waals surface area (Å²) in [5, 5.41) is 1.76. The Labute approximate surface area is 32.7 Å². The molecule has 0 atom stereocenters. The van der Waals surface area contributed by atoms with E-state index >= 15 is 0 Å². The van der Waals surface area contributed by atoms with Crippen LogP contribution in [0, 0.1) is 7.05 Å². The van der Waals surface area contributed by atoms with E-state index in [9.17, 15) is 0 Å². The van der Waals surface area contributed by atoms with Gasteiger partial charge in [-0.25, -0.2) is 0 Å². The molecule has 0 aromatic heterocycles. The maximum atomic E-state index is 3.36. The van der Waals surface area contributed by atoms with Crippen molar-refractivity contribution in [2.24, 2.45) is 0 Å². The van der Waals surface area contributed by atoms with Gasteiger partial charge in [0.05, 0.1) is 0 Å². The zero-order valence-electron chi connectivity index (χ0n) is 3.65. The summed E-state index contributed by atoms with van der Waals surface area (Å²) in [6.07, 6.45) is 0. The Kier molecular flexibility index (Phi) is 2.14. The average molecular weight is 73.1 g/mol. The van der Waals surface area contributed by atoms with E-state index in [0.29, 0.717) is 0 Å². The van der Waals surface area contributed by atoms with Crippen molar-refractivity contribution < 1.29 is 0 Å². The van der Waals surface area contributed by atoms with E-state index < -0.39 is 0 Å². The number of rotatable bonds is 1. The molecule has 0 aromatic carbocycles. The molecule has 5 heavy (non-hydrogen) atoms. The molecule has 0 unspecified atom stereocenters. The average Bonchev–Trinajstić information content (AvgIpc) is 1.38. The van der Waals surface area contributed by atoms with Gasteiger partial charge in [-0.05, 0) is 0 Å². The fourth-order valence-corrected chi connectivity index (χ4v) is 0. The Hall–Kier alpha value is -0.0800. The van der Waals surface area contributed by atoms with Crippen molar-refractivity contribution >= 4 is 0 Å². The van der Waals surface area contributed by atoms with E-state index in [1.807, 2.05) is 14.1 Å². The van der Waals surface area contributed by atoms with Gasteiger partial charge in [-0.1, -0.05) is 0 Å². The van der Waals surface area contributed by atoms with E-state index in [2.05, 4.69) is 12.5 Å². The Morgan fingerprint density at radius 2 is 1.80 bits per heavy atom. The first-order valence-corrected chi connectivity index (χ1v) is 1.47. The highest BCUT2D eigenvalue weighted by molar-refractivity contribution is 4.21. The van der Waals surface area contributed by atoms with Crippen LogP contribution in [0.25, 0.3) is 0 Å². The highest BCUT2D eigenvalue weighted by atomic mass is 15.5. The van der Waals surface area contributed by atoms with Crippen molar-refractivity contribution in [3.8, 4) is 0 Å². The number of hydrogen-bond donors (Lipinski definition) is 1. The minimum atomic E-state index is 1.76. The summed E-state index contributed by atoms with van der Waals surface area (Å²) in [5.74, 6) is 0. The van der Waals surface area contributed by atoms with Crippen LogP contribution in [-0.4, -0.2) is 19.1 Å². The maximum Gasteiger partial charge on any atom is 0.0241 e. The number of nitrogens with zero attached hydrogens (tertiary/aromatic N) is 1. The molecule has 0 aromatic rings. The molecule has 0 bridgehead atoms. The normalized spacial score (nSPS) is 9.60. The summed E-state index contributed by atoms with van der Waals surface area (Å²) in [4.78, 5) is 0. The van der Waals surface area contributed by atoms with Crippen molar-refractivity contribution in [3.05, 3.63) is 7.05 Å². The predicted molar refractivity (Wildman–Crippen MR) is 22.2 cm³/mol. The molecule has 0 aliphatic heterocycles. The smallest absolute Gasteiger partial charge is 0.0241 e. The molecule has 0 amide bonds. The highest BCUT2D eigenvalue weighted by Crippen LogP contribution is 1.51. The second-order valence-electron chi connectivity index (χ2n) is 1.05. The molecule has 0 fully saturated rings. The summed E-state index contributed by atoms with van der Waals surface area (Å²) in [5.41, 5.74) is 2.61. The Morgan fingerprint density at radius 1 is 1.60 bits per heavy atom. The molecule has 1 radical (unpaired) electrons. The third-order valence-corrected chi connectivity index (χ3v) is 0.316. The summed E-state index contributed by atoms with van der Waals surface area (Å²) >= 11 is 0. The zero-order chi connectivity index (χ0) is 4.28. The molecular weight excluding hydrogens is 64.0 g/mol. The van der Waals surface area contributed by atoms with Crippen molar-refractivity contribution in [3.63, 3.8) is 0 Å². The minimum Gasteiger partial charge on any atom is -0.254 e. The molecule has 2 nitrogen and oxygen atoms in total. The molecule has 0 aliphatic rings. The lowest BCUT2D eigenvalue weighted by atomic mass is 11.1. The van der Waals surface area contributed by atoms with Crippen LogP contribution in [0.5, 0.6) is 0 Å². The molecule has 0 saturated carbocycles. The fourth-order valence-electron chi connectivity index (χ4n) is 0. The molecule has 0 saturated heterocycles. The van der Waals surface area contributed by atoms with Gasteiger partial charge in [0, 0.05) is 21.1 Å². The monoisotopic (exact) mass is 73.1 g/mol. The van der Waals surface area contributed by atoms with Gasteiger partial charge in [0.1, 0.15) is 0 Å². The Bertz CT molecular complexity index is 18.9. The topological polar surface area (TPSA) is 15.3 Å². The molecular formula is C3H9N2. The van der Waals surface area contributed by atoms with Crippen molar-refractivity contribution in [1.29, 1.82) is 0 Å². The van der Waals surface area contributed by atoms with Gasteiger partial charge in [-0.2, -0.15) is 0 Å². The van der Waals surface area contributed by atoms with Gasteiger partial charge in [0.2, 0.25) is 0 Å². The largest absolute Gasteiger partial charge is 0.254 e. The van der Waals surface area contributed by atoms with Crippen LogP contribution in [0.3, 0.4) is 0 Å². The maximum absolute atomic E-state index is 3.36. The molecule has 0 aliphatic carbocycles. The molecule has 2 heteroatoms. The molecule has 0 heterocycles. The van der Waals surface area contributed by atoms with E-state index in [0.717, 1.165) is 0 Å². The molecule has 0 spiro atoms. The van der Waals surface area contributed by atoms with Gasteiger partial charge < -0.3 is 0 Å². The van der Waals surface area contributed by atoms with Crippen LogP contribution >= 0.6 is 0 Å². The van der Waals surface area contributed by atoms with E-state index in [1.54, 1.807) is 5.01 Å². The Morgan fingerprint density at radius 3 is 1.80 bits per heavy atom. The predicted octanol–water partition coefficient (Wildman–Crippen LogP) is -0.156. The summed E-state index contributed by atoms with van der Waals surface area (Å²) in [6.45, 7) is 0. The second-order valence-corrected chi connectivity index (χ2v) is 1.05. The number of hydrazine groups is 1. The van der Waals surface area contributed by atoms with Gasteiger partial charge in [-0.3, -0.25) is 10.4 Å². The van der Waals surface area contributed by atoms with Crippen molar-refractivity contribution in [1.82, 2.24) is 10.4 Å². The van der Waals surface area contributed by atoms with Crippen LogP contribution < -0.4 is 5.43 Å². The second kappa shape index (κ2) is 2.18. The van der Waals surface area contributed by atoms with Gasteiger partial charge in [-0.15, -0.1) is 0 Å². The van der Waals surface area contributed by atoms with Gasteiger partial charge in [0.15, 0.2) is 0 Å². The van der Waals surface area contributed by atoms with E-state index in [-0.39, 0.29) is 0 Å². The van der Waals surface area contributed by atoms with Crippen LogP contribution in [0.1, 0.15) is 0 Å². The third-order valence-electron chi connectivity index (χ3n) is 0.316. The summed E-state index contributed by atoms with van der Waals surface area (Å²) in [6, 6.07) is 0. The molecule has 1 N–H and O–H groups in total. The number of nitrogens with one attached hydrogen (secondary N) is 1. The lowest BCUT2D eigenvalue weighted by Crippen LogP contribution is -2.23. The zero-order valence-corrected chi connectivity index (χ0v) is 3.65. The first-order chi connectivity index (χ1) is 2.27. The Balaban J connectivity index is 2.54. The van der Waals surface area contributed by atoms with Crippen molar-refractivity contribution in [2.45, 2.75) is 0 Å². The molecule has 31 valence electrons. The van der Waals surface area contributed by atoms with Crippen LogP contribution in [0.2, 0.25) is 0 Å². The lowest BCUT2D eigenvalue weighted by Gasteiger charge is -2.02. The van der Waals surface area contributed by atoms with Crippen LogP contribution in [-0.2, 0) is 0 Å². The standard InChI is InChI=1S/C3H9N2/c1-4-5(2)3/h4H,1H2,2-3H3. The third kappa shape index (κ3) is 3.92. The first kappa shape index (κ1) is 4.92. The fraction of sp³-hybridized carbons (Fsp3) is 0.667. The SMILES string of the molecule is [CH2]NN(C)C. The van der Waals surface area contributed by atoms with E-state index in [4.69, 9.17) is 0 Å². The summed E-state index contributed by atoms with van der Waals surface area (Å²) in [7, 11) is 7.12. The number of hydrogen-bond acceptors (Lipinski definition) is 2. The van der Waals surface area contributed by atoms with Gasteiger partial charge in [0.25, 0.3) is 0 Å².